The highest BCUT2D eigenvalue weighted by atomic mass is 79.9. The molecule has 0 fully saturated rings. The van der Waals surface area contributed by atoms with Crippen molar-refractivity contribution in [3.63, 3.8) is 0 Å². The summed E-state index contributed by atoms with van der Waals surface area (Å²) < 4.78 is 14.5. The van der Waals surface area contributed by atoms with Gasteiger partial charge in [0.2, 0.25) is 0 Å². The van der Waals surface area contributed by atoms with Crippen LogP contribution in [0.1, 0.15) is 21.6 Å². The number of hydrogen-bond acceptors (Lipinski definition) is 3. The number of aromatic nitrogens is 2. The Bertz CT molecular complexity index is 968. The van der Waals surface area contributed by atoms with Crippen molar-refractivity contribution < 1.29 is 9.00 Å². The number of benzene rings is 2. The first kappa shape index (κ1) is 16.2. The van der Waals surface area contributed by atoms with Gasteiger partial charge in [-0.3, -0.25) is 9.00 Å². The Morgan fingerprint density at radius 1 is 1.08 bits per heavy atom. The largest absolute Gasteiger partial charge is 0.306 e. The molecule has 4 rings (SSSR count). The van der Waals surface area contributed by atoms with Crippen LogP contribution in [0.2, 0.25) is 0 Å². The van der Waals surface area contributed by atoms with E-state index in [9.17, 15) is 9.00 Å². The maximum absolute atomic E-state index is 12.6. The molecule has 0 spiro atoms. The highest BCUT2D eigenvalue weighted by Gasteiger charge is 2.28. The lowest BCUT2D eigenvalue weighted by Gasteiger charge is -2.11. The van der Waals surface area contributed by atoms with E-state index in [1.54, 1.807) is 16.8 Å². The van der Waals surface area contributed by atoms with Crippen molar-refractivity contribution in [2.45, 2.75) is 11.5 Å². The topological polar surface area (TPSA) is 64.0 Å². The molecule has 1 atom stereocenters. The maximum atomic E-state index is 12.6. The van der Waals surface area contributed by atoms with Gasteiger partial charge in [0.25, 0.3) is 5.91 Å². The number of nitrogens with zero attached hydrogens (tertiary/aromatic N) is 2. The molecular formula is C18H14BrN3O2S. The summed E-state index contributed by atoms with van der Waals surface area (Å²) in [6, 6.07) is 16.8. The van der Waals surface area contributed by atoms with E-state index in [1.807, 2.05) is 42.5 Å². The summed E-state index contributed by atoms with van der Waals surface area (Å²) in [6.07, 6.45) is 0. The number of hydrogen-bond donors (Lipinski definition) is 1. The van der Waals surface area contributed by atoms with Crippen LogP contribution in [0.5, 0.6) is 0 Å². The van der Waals surface area contributed by atoms with Gasteiger partial charge in [-0.15, -0.1) is 0 Å². The smallest absolute Gasteiger partial charge is 0.256 e. The van der Waals surface area contributed by atoms with Crippen LogP contribution in [-0.2, 0) is 22.3 Å². The zero-order valence-corrected chi connectivity index (χ0v) is 15.5. The molecule has 0 radical (unpaired) electrons. The third-order valence-corrected chi connectivity index (χ3v) is 5.74. The van der Waals surface area contributed by atoms with E-state index in [2.05, 4.69) is 26.3 Å². The summed E-state index contributed by atoms with van der Waals surface area (Å²) in [5, 5.41) is 7.53. The standard InChI is InChI=1S/C18H14BrN3O2S/c19-13-8-6-12(7-9-13)18(23)20-17-15-10-25(24)11-16(15)21-22(17)14-4-2-1-3-5-14/h1-9H,10-11H2,(H,20,23)/t25-/m0/s1. The predicted octanol–water partition coefficient (Wildman–Crippen LogP) is 3.65. The molecule has 126 valence electrons. The lowest BCUT2D eigenvalue weighted by molar-refractivity contribution is 0.102. The molecule has 1 aromatic heterocycles. The van der Waals surface area contributed by atoms with Crippen LogP contribution in [0, 0.1) is 0 Å². The van der Waals surface area contributed by atoms with Gasteiger partial charge in [0.1, 0.15) is 5.82 Å². The average molecular weight is 416 g/mol. The summed E-state index contributed by atoms with van der Waals surface area (Å²) in [7, 11) is -0.959. The summed E-state index contributed by atoms with van der Waals surface area (Å²) in [4.78, 5) is 12.6. The predicted molar refractivity (Wildman–Crippen MR) is 101 cm³/mol. The molecule has 0 bridgehead atoms. The normalized spacial score (nSPS) is 15.8. The molecule has 25 heavy (non-hydrogen) atoms. The fraction of sp³-hybridized carbons (Fsp3) is 0.111. The minimum Gasteiger partial charge on any atom is -0.306 e. The van der Waals surface area contributed by atoms with Crippen LogP contribution < -0.4 is 5.32 Å². The number of fused-ring (bicyclic) bond motifs is 1. The van der Waals surface area contributed by atoms with E-state index in [0.717, 1.165) is 21.4 Å². The Hall–Kier alpha value is -2.25. The molecule has 1 aliphatic heterocycles. The lowest BCUT2D eigenvalue weighted by atomic mass is 10.2. The van der Waals surface area contributed by atoms with Crippen LogP contribution in [0.3, 0.4) is 0 Å². The Morgan fingerprint density at radius 2 is 1.80 bits per heavy atom. The maximum Gasteiger partial charge on any atom is 0.256 e. The first-order valence-corrected chi connectivity index (χ1v) is 9.98. The summed E-state index contributed by atoms with van der Waals surface area (Å²) in [6.45, 7) is 0. The molecular weight excluding hydrogens is 402 g/mol. The van der Waals surface area contributed by atoms with Crippen LogP contribution >= 0.6 is 15.9 Å². The SMILES string of the molecule is O=C(Nc1c2c(nn1-c1ccccc1)C[S@@](=O)C2)c1ccc(Br)cc1. The fourth-order valence-corrected chi connectivity index (χ4v) is 4.32. The second kappa shape index (κ2) is 6.57. The zero-order valence-electron chi connectivity index (χ0n) is 13.1. The quantitative estimate of drug-likeness (QED) is 0.709. The molecule has 0 saturated heterocycles. The molecule has 0 saturated carbocycles. The van der Waals surface area contributed by atoms with Crippen LogP contribution in [0.25, 0.3) is 5.69 Å². The van der Waals surface area contributed by atoms with E-state index in [-0.39, 0.29) is 5.91 Å². The number of carbonyl (C=O) groups is 1. The zero-order chi connectivity index (χ0) is 17.4. The molecule has 7 heteroatoms. The molecule has 0 unspecified atom stereocenters. The van der Waals surface area contributed by atoms with Gasteiger partial charge in [0.15, 0.2) is 0 Å². The number of carbonyl (C=O) groups excluding carboxylic acids is 1. The van der Waals surface area contributed by atoms with E-state index < -0.39 is 10.8 Å². The van der Waals surface area contributed by atoms with Gasteiger partial charge in [-0.05, 0) is 36.4 Å². The van der Waals surface area contributed by atoms with Gasteiger partial charge < -0.3 is 5.32 Å². The molecule has 2 aromatic carbocycles. The second-order valence-corrected chi connectivity index (χ2v) is 8.08. The van der Waals surface area contributed by atoms with E-state index in [4.69, 9.17) is 0 Å². The minimum atomic E-state index is -0.959. The third-order valence-electron chi connectivity index (χ3n) is 4.01. The number of para-hydroxylation sites is 1. The van der Waals surface area contributed by atoms with E-state index in [0.29, 0.717) is 22.9 Å². The number of amides is 1. The van der Waals surface area contributed by atoms with Gasteiger partial charge >= 0.3 is 0 Å². The van der Waals surface area contributed by atoms with Crippen LogP contribution in [0.4, 0.5) is 5.82 Å². The molecule has 1 amide bonds. The Labute approximate surface area is 155 Å². The van der Waals surface area contributed by atoms with Crippen molar-refractivity contribution in [2.24, 2.45) is 0 Å². The summed E-state index contributed by atoms with van der Waals surface area (Å²) in [5.41, 5.74) is 3.05. The molecule has 2 heterocycles. The van der Waals surface area contributed by atoms with Gasteiger partial charge in [0, 0.05) is 26.4 Å². The number of nitrogens with one attached hydrogen (secondary N) is 1. The van der Waals surface area contributed by atoms with Crippen molar-refractivity contribution >= 4 is 38.5 Å². The third kappa shape index (κ3) is 3.17. The van der Waals surface area contributed by atoms with Crippen LogP contribution in [-0.4, -0.2) is 19.9 Å². The lowest BCUT2D eigenvalue weighted by Crippen LogP contribution is -2.16. The number of halogens is 1. The first-order valence-electron chi connectivity index (χ1n) is 7.70. The van der Waals surface area contributed by atoms with Crippen LogP contribution in [0.15, 0.2) is 59.1 Å². The Balaban J connectivity index is 1.74. The summed E-state index contributed by atoms with van der Waals surface area (Å²) in [5.74, 6) is 1.22. The van der Waals surface area contributed by atoms with Crippen molar-refractivity contribution in [3.05, 3.63) is 75.9 Å². The van der Waals surface area contributed by atoms with Gasteiger partial charge in [-0.2, -0.15) is 5.10 Å². The van der Waals surface area contributed by atoms with E-state index >= 15 is 0 Å². The average Bonchev–Trinajstić information content (AvgIpc) is 3.13. The second-order valence-electron chi connectivity index (χ2n) is 5.71. The molecule has 1 aliphatic rings. The Kier molecular flexibility index (Phi) is 4.27. The van der Waals surface area contributed by atoms with Crippen molar-refractivity contribution in [3.8, 4) is 5.69 Å². The number of rotatable bonds is 3. The van der Waals surface area contributed by atoms with Crippen molar-refractivity contribution in [1.29, 1.82) is 0 Å². The number of anilines is 1. The van der Waals surface area contributed by atoms with Gasteiger partial charge in [-0.1, -0.05) is 34.1 Å². The van der Waals surface area contributed by atoms with Gasteiger partial charge in [0.05, 0.1) is 22.9 Å². The van der Waals surface area contributed by atoms with Crippen molar-refractivity contribution in [1.82, 2.24) is 9.78 Å². The fourth-order valence-electron chi connectivity index (χ4n) is 2.79. The van der Waals surface area contributed by atoms with E-state index in [1.165, 1.54) is 0 Å². The minimum absolute atomic E-state index is 0.218. The monoisotopic (exact) mass is 415 g/mol. The van der Waals surface area contributed by atoms with Gasteiger partial charge in [-0.25, -0.2) is 4.68 Å². The highest BCUT2D eigenvalue weighted by Crippen LogP contribution is 2.31. The summed E-state index contributed by atoms with van der Waals surface area (Å²) >= 11 is 3.36. The Morgan fingerprint density at radius 3 is 2.52 bits per heavy atom. The first-order chi connectivity index (χ1) is 12.1. The molecule has 5 nitrogen and oxygen atoms in total. The molecule has 3 aromatic rings. The van der Waals surface area contributed by atoms with Crippen molar-refractivity contribution in [2.75, 3.05) is 5.32 Å². The highest BCUT2D eigenvalue weighted by molar-refractivity contribution is 9.10. The molecule has 0 aliphatic carbocycles. The molecule has 1 N–H and O–H groups in total.